The minimum absolute atomic E-state index is 0.270. The van der Waals surface area contributed by atoms with Crippen LogP contribution in [0.15, 0.2) is 47.6 Å². The third-order valence-electron chi connectivity index (χ3n) is 3.37. The van der Waals surface area contributed by atoms with Crippen molar-refractivity contribution in [3.8, 4) is 0 Å². The van der Waals surface area contributed by atoms with Crippen LogP contribution < -0.4 is 5.73 Å². The standard InChI is InChI=1S/C14H21N/c1-9(2)13-7-11(5)14(15,10(3)4)12(6)8-13/h7-8,11H,1,3,15H2,2,4-6H3. The summed E-state index contributed by atoms with van der Waals surface area (Å²) >= 11 is 0. The van der Waals surface area contributed by atoms with E-state index in [1.54, 1.807) is 0 Å². The van der Waals surface area contributed by atoms with Crippen molar-refractivity contribution in [3.63, 3.8) is 0 Å². The average molecular weight is 203 g/mol. The molecule has 0 radical (unpaired) electrons. The molecule has 0 saturated heterocycles. The number of allylic oxidation sites excluding steroid dienone is 3. The fourth-order valence-corrected chi connectivity index (χ4v) is 2.15. The summed E-state index contributed by atoms with van der Waals surface area (Å²) < 4.78 is 0. The van der Waals surface area contributed by atoms with Gasteiger partial charge in [-0.05, 0) is 31.9 Å². The monoisotopic (exact) mass is 203 g/mol. The molecular formula is C14H21N. The zero-order valence-corrected chi connectivity index (χ0v) is 10.2. The molecule has 15 heavy (non-hydrogen) atoms. The van der Waals surface area contributed by atoms with E-state index in [1.807, 2.05) is 13.8 Å². The Morgan fingerprint density at radius 1 is 1.40 bits per heavy atom. The van der Waals surface area contributed by atoms with E-state index in [4.69, 9.17) is 5.73 Å². The normalized spacial score (nSPS) is 30.6. The van der Waals surface area contributed by atoms with Gasteiger partial charge in [0.05, 0.1) is 5.54 Å². The van der Waals surface area contributed by atoms with Gasteiger partial charge in [0.25, 0.3) is 0 Å². The Bertz CT molecular complexity index is 371. The molecule has 2 N–H and O–H groups in total. The van der Waals surface area contributed by atoms with Crippen LogP contribution in [0.5, 0.6) is 0 Å². The molecule has 0 aliphatic heterocycles. The van der Waals surface area contributed by atoms with E-state index < -0.39 is 0 Å². The van der Waals surface area contributed by atoms with Crippen LogP contribution in [0.3, 0.4) is 0 Å². The molecule has 0 aromatic heterocycles. The molecule has 2 atom stereocenters. The lowest BCUT2D eigenvalue weighted by Crippen LogP contribution is -2.48. The third-order valence-corrected chi connectivity index (χ3v) is 3.37. The summed E-state index contributed by atoms with van der Waals surface area (Å²) in [6, 6.07) is 0. The maximum Gasteiger partial charge on any atom is 0.0640 e. The maximum atomic E-state index is 6.41. The van der Waals surface area contributed by atoms with Gasteiger partial charge >= 0.3 is 0 Å². The van der Waals surface area contributed by atoms with Gasteiger partial charge in [0, 0.05) is 5.92 Å². The first-order valence-electron chi connectivity index (χ1n) is 5.31. The van der Waals surface area contributed by atoms with Gasteiger partial charge in [-0.1, -0.05) is 43.4 Å². The molecule has 0 spiro atoms. The summed E-state index contributed by atoms with van der Waals surface area (Å²) in [4.78, 5) is 0. The first-order chi connectivity index (χ1) is 6.80. The quantitative estimate of drug-likeness (QED) is 0.684. The number of hydrogen-bond donors (Lipinski definition) is 1. The lowest BCUT2D eigenvalue weighted by molar-refractivity contribution is 0.453. The Morgan fingerprint density at radius 2 is 1.93 bits per heavy atom. The summed E-state index contributed by atoms with van der Waals surface area (Å²) in [6.07, 6.45) is 4.31. The first-order valence-corrected chi connectivity index (χ1v) is 5.31. The van der Waals surface area contributed by atoms with Gasteiger partial charge in [0.2, 0.25) is 0 Å². The molecular weight excluding hydrogens is 182 g/mol. The Labute approximate surface area is 93.1 Å². The van der Waals surface area contributed by atoms with Crippen LogP contribution >= 0.6 is 0 Å². The van der Waals surface area contributed by atoms with Gasteiger partial charge < -0.3 is 5.73 Å². The van der Waals surface area contributed by atoms with E-state index >= 15 is 0 Å². The summed E-state index contributed by atoms with van der Waals surface area (Å²) in [5.74, 6) is 0.270. The molecule has 0 fully saturated rings. The predicted molar refractivity (Wildman–Crippen MR) is 67.6 cm³/mol. The molecule has 1 heteroatoms. The van der Waals surface area contributed by atoms with Crippen LogP contribution in [-0.4, -0.2) is 5.54 Å². The second-order valence-corrected chi connectivity index (χ2v) is 4.67. The van der Waals surface area contributed by atoms with Gasteiger partial charge in [-0.2, -0.15) is 0 Å². The zero-order chi connectivity index (χ0) is 11.8. The lowest BCUT2D eigenvalue weighted by Gasteiger charge is -2.39. The highest BCUT2D eigenvalue weighted by Crippen LogP contribution is 2.36. The Morgan fingerprint density at radius 3 is 2.27 bits per heavy atom. The van der Waals surface area contributed by atoms with E-state index in [-0.39, 0.29) is 11.5 Å². The molecule has 1 rings (SSSR count). The summed E-state index contributed by atoms with van der Waals surface area (Å²) in [5.41, 5.74) is 10.5. The van der Waals surface area contributed by atoms with E-state index in [2.05, 4.69) is 39.2 Å². The smallest absolute Gasteiger partial charge is 0.0640 e. The summed E-state index contributed by atoms with van der Waals surface area (Å²) in [6.45, 7) is 16.2. The van der Waals surface area contributed by atoms with Crippen LogP contribution in [-0.2, 0) is 0 Å². The molecule has 0 bridgehead atoms. The van der Waals surface area contributed by atoms with Gasteiger partial charge in [-0.3, -0.25) is 0 Å². The second kappa shape index (κ2) is 3.82. The van der Waals surface area contributed by atoms with Crippen molar-refractivity contribution in [1.82, 2.24) is 0 Å². The Hall–Kier alpha value is -1.08. The Balaban J connectivity index is 3.21. The minimum Gasteiger partial charge on any atom is -0.318 e. The fraction of sp³-hybridized carbons (Fsp3) is 0.429. The van der Waals surface area contributed by atoms with Crippen molar-refractivity contribution in [2.45, 2.75) is 33.2 Å². The van der Waals surface area contributed by atoms with Crippen molar-refractivity contribution in [2.75, 3.05) is 0 Å². The highest BCUT2D eigenvalue weighted by atomic mass is 14.8. The molecule has 0 heterocycles. The lowest BCUT2D eigenvalue weighted by atomic mass is 9.71. The summed E-state index contributed by atoms with van der Waals surface area (Å²) in [7, 11) is 0. The van der Waals surface area contributed by atoms with E-state index in [0.29, 0.717) is 0 Å². The molecule has 1 nitrogen and oxygen atoms in total. The van der Waals surface area contributed by atoms with Crippen molar-refractivity contribution in [3.05, 3.63) is 47.6 Å². The second-order valence-electron chi connectivity index (χ2n) is 4.67. The van der Waals surface area contributed by atoms with Crippen molar-refractivity contribution >= 4 is 0 Å². The van der Waals surface area contributed by atoms with Crippen LogP contribution in [0.2, 0.25) is 0 Å². The third kappa shape index (κ3) is 1.84. The van der Waals surface area contributed by atoms with E-state index in [0.717, 1.165) is 11.1 Å². The van der Waals surface area contributed by atoms with Crippen LogP contribution in [0.25, 0.3) is 0 Å². The highest BCUT2D eigenvalue weighted by Gasteiger charge is 2.35. The van der Waals surface area contributed by atoms with Crippen molar-refractivity contribution in [2.24, 2.45) is 11.7 Å². The SMILES string of the molecule is C=C(C)C1=CC(C)C(N)(C(=C)C)C(C)=C1. The van der Waals surface area contributed by atoms with Gasteiger partial charge in [-0.15, -0.1) is 0 Å². The fourth-order valence-electron chi connectivity index (χ4n) is 2.15. The largest absolute Gasteiger partial charge is 0.318 e. The Kier molecular flexibility index (Phi) is 3.05. The van der Waals surface area contributed by atoms with Crippen molar-refractivity contribution in [1.29, 1.82) is 0 Å². The molecule has 1 aliphatic rings. The first kappa shape index (κ1) is 12.0. The average Bonchev–Trinajstić information content (AvgIpc) is 2.12. The predicted octanol–water partition coefficient (Wildman–Crippen LogP) is 3.36. The highest BCUT2D eigenvalue weighted by molar-refractivity contribution is 5.49. The molecule has 0 amide bonds. The number of hydrogen-bond acceptors (Lipinski definition) is 1. The molecule has 0 aromatic rings. The van der Waals surface area contributed by atoms with Gasteiger partial charge in [0.1, 0.15) is 0 Å². The van der Waals surface area contributed by atoms with E-state index in [1.165, 1.54) is 11.1 Å². The molecule has 2 unspecified atom stereocenters. The van der Waals surface area contributed by atoms with E-state index in [9.17, 15) is 0 Å². The minimum atomic E-state index is -0.390. The van der Waals surface area contributed by atoms with Crippen molar-refractivity contribution < 1.29 is 0 Å². The maximum absolute atomic E-state index is 6.41. The van der Waals surface area contributed by atoms with Gasteiger partial charge in [-0.25, -0.2) is 0 Å². The van der Waals surface area contributed by atoms with Crippen LogP contribution in [0, 0.1) is 5.92 Å². The molecule has 82 valence electrons. The molecule has 0 saturated carbocycles. The molecule has 0 aromatic carbocycles. The number of rotatable bonds is 2. The molecule has 1 aliphatic carbocycles. The topological polar surface area (TPSA) is 26.0 Å². The van der Waals surface area contributed by atoms with Gasteiger partial charge in [0.15, 0.2) is 0 Å². The van der Waals surface area contributed by atoms with Crippen LogP contribution in [0.1, 0.15) is 27.7 Å². The zero-order valence-electron chi connectivity index (χ0n) is 10.2. The van der Waals surface area contributed by atoms with Crippen LogP contribution in [0.4, 0.5) is 0 Å². The summed E-state index contributed by atoms with van der Waals surface area (Å²) in [5, 5.41) is 0. The number of nitrogens with two attached hydrogens (primary N) is 1.